The van der Waals surface area contributed by atoms with Crippen molar-refractivity contribution in [3.63, 3.8) is 0 Å². The minimum atomic E-state index is -0.331. The van der Waals surface area contributed by atoms with Crippen LogP contribution in [0.2, 0.25) is 0 Å². The summed E-state index contributed by atoms with van der Waals surface area (Å²) in [6.45, 7) is 13.7. The first-order chi connectivity index (χ1) is 12.2. The van der Waals surface area contributed by atoms with Gasteiger partial charge in [0.25, 0.3) is 0 Å². The summed E-state index contributed by atoms with van der Waals surface area (Å²) in [5.41, 5.74) is 5.19. The van der Waals surface area contributed by atoms with Crippen molar-refractivity contribution >= 4 is 12.6 Å². The number of benzene rings is 1. The van der Waals surface area contributed by atoms with Crippen molar-refractivity contribution < 1.29 is 9.31 Å². The highest BCUT2D eigenvalue weighted by Crippen LogP contribution is 2.37. The highest BCUT2D eigenvalue weighted by atomic mass is 16.7. The quantitative estimate of drug-likeness (QED) is 0.784. The smallest absolute Gasteiger partial charge is 0.399 e. The minimum Gasteiger partial charge on any atom is -0.399 e. The number of aromatic nitrogens is 2. The van der Waals surface area contributed by atoms with E-state index < -0.39 is 0 Å². The molecule has 2 aliphatic rings. The zero-order chi connectivity index (χ0) is 18.7. The van der Waals surface area contributed by atoms with Crippen molar-refractivity contribution in [1.29, 1.82) is 0 Å². The van der Waals surface area contributed by atoms with Crippen LogP contribution in [0.25, 0.3) is 11.1 Å². The molecule has 0 unspecified atom stereocenters. The predicted octanol–water partition coefficient (Wildman–Crippen LogP) is 3.88. The van der Waals surface area contributed by atoms with E-state index >= 15 is 0 Å². The lowest BCUT2D eigenvalue weighted by molar-refractivity contribution is 0.00578. The Hall–Kier alpha value is -1.59. The van der Waals surface area contributed by atoms with Crippen molar-refractivity contribution in [1.82, 2.24) is 9.78 Å². The minimum absolute atomic E-state index is 0.325. The Morgan fingerprint density at radius 3 is 2.38 bits per heavy atom. The Morgan fingerprint density at radius 1 is 1.12 bits per heavy atom. The number of hydrogen-bond donors (Lipinski definition) is 0. The van der Waals surface area contributed by atoms with E-state index in [2.05, 4.69) is 70.5 Å². The first-order valence-corrected chi connectivity index (χ1v) is 9.68. The first kappa shape index (κ1) is 17.8. The molecule has 1 aliphatic carbocycles. The van der Waals surface area contributed by atoms with Crippen LogP contribution < -0.4 is 5.46 Å². The maximum absolute atomic E-state index is 6.22. The SMILES string of the molecule is Cc1nn(CC2CC2)c(C)c1-c1cccc(B2OC(C)(C)C(C)(C)O2)c1. The summed E-state index contributed by atoms with van der Waals surface area (Å²) in [5, 5.41) is 4.79. The standard InChI is InChI=1S/C21H29BN2O2/c1-14-19(15(2)24(23-14)13-16-10-11-16)17-8-7-9-18(12-17)22-25-20(3,4)21(5,6)26-22/h7-9,12,16H,10-11,13H2,1-6H3. The lowest BCUT2D eigenvalue weighted by atomic mass is 9.78. The summed E-state index contributed by atoms with van der Waals surface area (Å²) < 4.78 is 14.6. The molecule has 1 aliphatic heterocycles. The number of hydrogen-bond acceptors (Lipinski definition) is 3. The van der Waals surface area contributed by atoms with Crippen LogP contribution in [-0.2, 0) is 15.9 Å². The predicted molar refractivity (Wildman–Crippen MR) is 106 cm³/mol. The van der Waals surface area contributed by atoms with Gasteiger partial charge in [-0.1, -0.05) is 24.3 Å². The van der Waals surface area contributed by atoms with Crippen LogP contribution in [0.3, 0.4) is 0 Å². The fourth-order valence-electron chi connectivity index (χ4n) is 3.66. The van der Waals surface area contributed by atoms with E-state index in [0.717, 1.165) is 23.6 Å². The fourth-order valence-corrected chi connectivity index (χ4v) is 3.66. The van der Waals surface area contributed by atoms with E-state index in [-0.39, 0.29) is 18.3 Å². The third-order valence-corrected chi connectivity index (χ3v) is 6.21. The van der Waals surface area contributed by atoms with Crippen molar-refractivity contribution in [3.05, 3.63) is 35.7 Å². The van der Waals surface area contributed by atoms with Crippen LogP contribution in [0.5, 0.6) is 0 Å². The van der Waals surface area contributed by atoms with Crippen LogP contribution in [-0.4, -0.2) is 28.1 Å². The van der Waals surface area contributed by atoms with Gasteiger partial charge >= 0.3 is 7.12 Å². The lowest BCUT2D eigenvalue weighted by Crippen LogP contribution is -2.41. The number of nitrogens with zero attached hydrogens (tertiary/aromatic N) is 2. The monoisotopic (exact) mass is 352 g/mol. The van der Waals surface area contributed by atoms with Gasteiger partial charge in [0.2, 0.25) is 0 Å². The van der Waals surface area contributed by atoms with E-state index in [4.69, 9.17) is 14.4 Å². The molecule has 4 nitrogen and oxygen atoms in total. The second-order valence-electron chi connectivity index (χ2n) is 8.89. The normalized spacial score (nSPS) is 21.4. The lowest BCUT2D eigenvalue weighted by Gasteiger charge is -2.32. The molecule has 138 valence electrons. The highest BCUT2D eigenvalue weighted by Gasteiger charge is 2.51. The molecule has 0 N–H and O–H groups in total. The Kier molecular flexibility index (Phi) is 4.09. The van der Waals surface area contributed by atoms with Gasteiger partial charge in [-0.2, -0.15) is 5.10 Å². The molecule has 1 saturated heterocycles. The molecule has 26 heavy (non-hydrogen) atoms. The third-order valence-electron chi connectivity index (χ3n) is 6.21. The van der Waals surface area contributed by atoms with Gasteiger partial charge in [0.1, 0.15) is 0 Å². The second-order valence-corrected chi connectivity index (χ2v) is 8.89. The Balaban J connectivity index is 1.66. The Labute approximate surface area is 157 Å². The Bertz CT molecular complexity index is 821. The summed E-state index contributed by atoms with van der Waals surface area (Å²) in [4.78, 5) is 0. The molecule has 1 aromatic heterocycles. The van der Waals surface area contributed by atoms with Gasteiger partial charge in [-0.25, -0.2) is 0 Å². The summed E-state index contributed by atoms with van der Waals surface area (Å²) >= 11 is 0. The van der Waals surface area contributed by atoms with Gasteiger partial charge in [0, 0.05) is 17.8 Å². The largest absolute Gasteiger partial charge is 0.494 e. The molecule has 5 heteroatoms. The average Bonchev–Trinajstić information content (AvgIpc) is 3.28. The molecule has 2 fully saturated rings. The molecule has 2 aromatic rings. The summed E-state index contributed by atoms with van der Waals surface area (Å²) in [6.07, 6.45) is 2.68. The van der Waals surface area contributed by atoms with Crippen molar-refractivity contribution in [2.24, 2.45) is 5.92 Å². The average molecular weight is 352 g/mol. The van der Waals surface area contributed by atoms with Crippen LogP contribution in [0.15, 0.2) is 24.3 Å². The van der Waals surface area contributed by atoms with Gasteiger partial charge in [-0.05, 0) is 71.3 Å². The van der Waals surface area contributed by atoms with Crippen molar-refractivity contribution in [2.45, 2.75) is 72.1 Å². The van der Waals surface area contributed by atoms with Crippen LogP contribution in [0.1, 0.15) is 51.9 Å². The fraction of sp³-hybridized carbons (Fsp3) is 0.571. The van der Waals surface area contributed by atoms with E-state index in [1.807, 2.05) is 0 Å². The van der Waals surface area contributed by atoms with Crippen LogP contribution >= 0.6 is 0 Å². The van der Waals surface area contributed by atoms with E-state index in [1.54, 1.807) is 0 Å². The second kappa shape index (κ2) is 5.96. The van der Waals surface area contributed by atoms with Gasteiger partial charge in [-0.15, -0.1) is 0 Å². The first-order valence-electron chi connectivity index (χ1n) is 9.68. The summed E-state index contributed by atoms with van der Waals surface area (Å²) in [6, 6.07) is 8.53. The molecule has 1 aromatic carbocycles. The maximum Gasteiger partial charge on any atom is 0.494 e. The van der Waals surface area contributed by atoms with Crippen molar-refractivity contribution in [2.75, 3.05) is 0 Å². The molecule has 0 spiro atoms. The topological polar surface area (TPSA) is 36.3 Å². The van der Waals surface area contributed by atoms with Gasteiger partial charge in [-0.3, -0.25) is 4.68 Å². The molecule has 2 heterocycles. The maximum atomic E-state index is 6.22. The van der Waals surface area contributed by atoms with E-state index in [9.17, 15) is 0 Å². The molecule has 1 saturated carbocycles. The molecule has 0 radical (unpaired) electrons. The zero-order valence-electron chi connectivity index (χ0n) is 16.8. The number of aryl methyl sites for hydroxylation is 1. The molecule has 0 amide bonds. The molecule has 0 atom stereocenters. The van der Waals surface area contributed by atoms with Gasteiger partial charge in [0.05, 0.1) is 16.9 Å². The van der Waals surface area contributed by atoms with Gasteiger partial charge < -0.3 is 9.31 Å². The van der Waals surface area contributed by atoms with Gasteiger partial charge in [0.15, 0.2) is 0 Å². The molecule has 0 bridgehead atoms. The van der Waals surface area contributed by atoms with Crippen LogP contribution in [0, 0.1) is 19.8 Å². The van der Waals surface area contributed by atoms with Crippen LogP contribution in [0.4, 0.5) is 0 Å². The highest BCUT2D eigenvalue weighted by molar-refractivity contribution is 6.62. The van der Waals surface area contributed by atoms with E-state index in [1.165, 1.54) is 29.7 Å². The van der Waals surface area contributed by atoms with Crippen molar-refractivity contribution in [3.8, 4) is 11.1 Å². The molecular formula is C21H29BN2O2. The summed E-state index contributed by atoms with van der Waals surface area (Å²) in [7, 11) is -0.331. The van der Waals surface area contributed by atoms with E-state index in [0.29, 0.717) is 0 Å². The Morgan fingerprint density at radius 2 is 1.77 bits per heavy atom. The zero-order valence-corrected chi connectivity index (χ0v) is 16.8. The molecular weight excluding hydrogens is 323 g/mol. The molecule has 4 rings (SSSR count). The third kappa shape index (κ3) is 3.01. The summed E-state index contributed by atoms with van der Waals surface area (Å²) in [5.74, 6) is 0.817. The number of rotatable bonds is 4.